The van der Waals surface area contributed by atoms with Gasteiger partial charge in [0.1, 0.15) is 5.82 Å². The Bertz CT molecular complexity index is 1140. The second-order valence-electron chi connectivity index (χ2n) is 7.92. The minimum Gasteiger partial charge on any atom is -0.382 e. The lowest BCUT2D eigenvalue weighted by molar-refractivity contribution is 0.141. The smallest absolute Gasteiger partial charge is 0.258 e. The predicted molar refractivity (Wildman–Crippen MR) is 130 cm³/mol. The molecule has 0 bridgehead atoms. The maximum atomic E-state index is 13.3. The van der Waals surface area contributed by atoms with Gasteiger partial charge in [-0.25, -0.2) is 4.39 Å². The summed E-state index contributed by atoms with van der Waals surface area (Å²) in [5.41, 5.74) is 4.73. The molecule has 33 heavy (non-hydrogen) atoms. The highest BCUT2D eigenvalue weighted by Gasteiger charge is 2.33. The maximum Gasteiger partial charge on any atom is 0.258 e. The summed E-state index contributed by atoms with van der Waals surface area (Å²) in [6.45, 7) is 8.11. The molecule has 1 unspecified atom stereocenters. The van der Waals surface area contributed by atoms with Gasteiger partial charge in [0, 0.05) is 31.0 Å². The van der Waals surface area contributed by atoms with Crippen molar-refractivity contribution in [2.24, 2.45) is 0 Å². The third-order valence-corrected chi connectivity index (χ3v) is 5.98. The molecule has 8 heteroatoms. The largest absolute Gasteiger partial charge is 0.382 e. The Hall–Kier alpha value is -3.10. The number of aromatic nitrogens is 2. The van der Waals surface area contributed by atoms with Crippen LogP contribution in [0.1, 0.15) is 43.3 Å². The van der Waals surface area contributed by atoms with Gasteiger partial charge in [0.25, 0.3) is 5.89 Å². The molecule has 2 heterocycles. The number of nitrogens with zero attached hydrogens (tertiary/aromatic N) is 3. The Balaban J connectivity index is 1.73. The van der Waals surface area contributed by atoms with E-state index in [4.69, 9.17) is 21.5 Å². The van der Waals surface area contributed by atoms with Crippen LogP contribution in [0.3, 0.4) is 0 Å². The first-order valence-electron chi connectivity index (χ1n) is 11.0. The number of hydrogen-bond acceptors (Lipinski definition) is 5. The molecule has 0 radical (unpaired) electrons. The first-order valence-corrected chi connectivity index (χ1v) is 11.4. The molecule has 172 valence electrons. The zero-order valence-corrected chi connectivity index (χ0v) is 19.8. The molecule has 3 aromatic rings. The predicted octanol–water partition coefficient (Wildman–Crippen LogP) is 5.27. The lowest BCUT2D eigenvalue weighted by Crippen LogP contribution is -2.46. The summed E-state index contributed by atoms with van der Waals surface area (Å²) in [6.07, 6.45) is 0.833. The summed E-state index contributed by atoms with van der Waals surface area (Å²) in [7, 11) is 0. The van der Waals surface area contributed by atoms with Gasteiger partial charge in [-0.2, -0.15) is 4.98 Å². The lowest BCUT2D eigenvalue weighted by Gasteiger charge is -2.37. The highest BCUT2D eigenvalue weighted by Crippen LogP contribution is 2.37. The molecule has 0 aliphatic carbocycles. The van der Waals surface area contributed by atoms with Gasteiger partial charge in [-0.1, -0.05) is 35.0 Å². The van der Waals surface area contributed by atoms with Gasteiger partial charge in [0.05, 0.1) is 11.6 Å². The molecule has 0 saturated carbocycles. The Morgan fingerprint density at radius 3 is 2.55 bits per heavy atom. The van der Waals surface area contributed by atoms with Crippen molar-refractivity contribution in [1.82, 2.24) is 20.4 Å². The van der Waals surface area contributed by atoms with Crippen LogP contribution < -0.4 is 5.32 Å². The SMILES string of the molecule is CCOCCCN1C(=S)NC(c2ccc(C)cc2)C(c2nc(-c3ccc(F)cc3)no2)=C1C. The molecule has 0 saturated heterocycles. The maximum absolute atomic E-state index is 13.3. The van der Waals surface area contributed by atoms with E-state index in [-0.39, 0.29) is 11.9 Å². The Labute approximate surface area is 198 Å². The van der Waals surface area contributed by atoms with E-state index in [9.17, 15) is 4.39 Å². The van der Waals surface area contributed by atoms with Gasteiger partial charge in [0.15, 0.2) is 5.11 Å². The molecule has 1 atom stereocenters. The van der Waals surface area contributed by atoms with Crippen LogP contribution in [0.5, 0.6) is 0 Å². The molecule has 1 N–H and O–H groups in total. The van der Waals surface area contributed by atoms with E-state index in [0.29, 0.717) is 42.1 Å². The quantitative estimate of drug-likeness (QED) is 0.358. The highest BCUT2D eigenvalue weighted by molar-refractivity contribution is 7.80. The number of ether oxygens (including phenoxy) is 1. The van der Waals surface area contributed by atoms with Crippen LogP contribution >= 0.6 is 12.2 Å². The second-order valence-corrected chi connectivity index (χ2v) is 8.31. The molecule has 6 nitrogen and oxygen atoms in total. The molecule has 0 fully saturated rings. The highest BCUT2D eigenvalue weighted by atomic mass is 32.1. The van der Waals surface area contributed by atoms with E-state index in [2.05, 4.69) is 51.5 Å². The lowest BCUT2D eigenvalue weighted by atomic mass is 9.94. The minimum absolute atomic E-state index is 0.234. The average molecular weight is 467 g/mol. The Morgan fingerprint density at radius 2 is 1.85 bits per heavy atom. The number of aryl methyl sites for hydroxylation is 1. The summed E-state index contributed by atoms with van der Waals surface area (Å²) in [5, 5.41) is 8.27. The normalized spacial score (nSPS) is 16.3. The van der Waals surface area contributed by atoms with Crippen molar-refractivity contribution in [3.05, 3.63) is 77.1 Å². The number of allylic oxidation sites excluding steroid dienone is 1. The summed E-state index contributed by atoms with van der Waals surface area (Å²) >= 11 is 5.72. The number of hydrogen-bond donors (Lipinski definition) is 1. The number of nitrogens with one attached hydrogen (secondary N) is 1. The molecule has 0 spiro atoms. The summed E-state index contributed by atoms with van der Waals surface area (Å²) in [6, 6.07) is 14.1. The van der Waals surface area contributed by atoms with Crippen molar-refractivity contribution >= 4 is 22.9 Å². The first-order chi connectivity index (χ1) is 16.0. The molecule has 0 amide bonds. The van der Waals surface area contributed by atoms with Crippen LogP contribution in [0.15, 0.2) is 58.8 Å². The van der Waals surface area contributed by atoms with Crippen molar-refractivity contribution in [3.8, 4) is 11.4 Å². The van der Waals surface area contributed by atoms with Gasteiger partial charge >= 0.3 is 0 Å². The van der Waals surface area contributed by atoms with Crippen LogP contribution in [0.4, 0.5) is 4.39 Å². The molecule has 2 aromatic carbocycles. The summed E-state index contributed by atoms with van der Waals surface area (Å²) in [4.78, 5) is 6.71. The van der Waals surface area contributed by atoms with Crippen LogP contribution in [-0.2, 0) is 4.74 Å². The van der Waals surface area contributed by atoms with Crippen molar-refractivity contribution in [3.63, 3.8) is 0 Å². The monoisotopic (exact) mass is 466 g/mol. The van der Waals surface area contributed by atoms with Gasteiger partial charge in [0.2, 0.25) is 5.82 Å². The topological polar surface area (TPSA) is 63.4 Å². The van der Waals surface area contributed by atoms with E-state index in [1.807, 2.05) is 13.8 Å². The molecule has 1 aromatic heterocycles. The number of rotatable bonds is 8. The Kier molecular flexibility index (Phi) is 7.15. The fraction of sp³-hybridized carbons (Fsp3) is 0.320. The average Bonchev–Trinajstić information content (AvgIpc) is 3.29. The van der Waals surface area contributed by atoms with E-state index in [1.165, 1.54) is 17.7 Å². The number of halogens is 1. The molecule has 1 aliphatic rings. The van der Waals surface area contributed by atoms with E-state index in [0.717, 1.165) is 23.3 Å². The fourth-order valence-corrected chi connectivity index (χ4v) is 4.20. The third-order valence-electron chi connectivity index (χ3n) is 5.64. The van der Waals surface area contributed by atoms with Gasteiger partial charge < -0.3 is 19.5 Å². The number of thiocarbonyl (C=S) groups is 1. The Morgan fingerprint density at radius 1 is 1.12 bits per heavy atom. The summed E-state index contributed by atoms with van der Waals surface area (Å²) < 4.78 is 24.5. The van der Waals surface area contributed by atoms with Gasteiger partial charge in [-0.3, -0.25) is 0 Å². The molecule has 4 rings (SSSR count). The first kappa shape index (κ1) is 23.1. The molecule has 1 aliphatic heterocycles. The van der Waals surface area contributed by atoms with Crippen LogP contribution in [0, 0.1) is 12.7 Å². The minimum atomic E-state index is -0.312. The molecular formula is C25H27FN4O2S. The standard InChI is InChI=1S/C25H27FN4O2S/c1-4-31-15-5-14-30-17(3)21(22(27-25(30)33)18-8-6-16(2)7-9-18)24-28-23(29-32-24)19-10-12-20(26)13-11-19/h6-13,22H,4-5,14-15H2,1-3H3,(H,27,33). The second kappa shape index (κ2) is 10.2. The summed E-state index contributed by atoms with van der Waals surface area (Å²) in [5.74, 6) is 0.499. The van der Waals surface area contributed by atoms with Crippen LogP contribution in [0.2, 0.25) is 0 Å². The van der Waals surface area contributed by atoms with Crippen LogP contribution in [-0.4, -0.2) is 39.9 Å². The van der Waals surface area contributed by atoms with Crippen molar-refractivity contribution in [2.45, 2.75) is 33.2 Å². The zero-order chi connectivity index (χ0) is 23.4. The van der Waals surface area contributed by atoms with Crippen molar-refractivity contribution in [2.75, 3.05) is 19.8 Å². The fourth-order valence-electron chi connectivity index (χ4n) is 3.85. The number of benzene rings is 2. The van der Waals surface area contributed by atoms with Crippen molar-refractivity contribution in [1.29, 1.82) is 0 Å². The van der Waals surface area contributed by atoms with Gasteiger partial charge in [-0.05, 0) is 69.2 Å². The van der Waals surface area contributed by atoms with E-state index in [1.54, 1.807) is 12.1 Å². The van der Waals surface area contributed by atoms with Crippen molar-refractivity contribution < 1.29 is 13.7 Å². The zero-order valence-electron chi connectivity index (χ0n) is 19.0. The van der Waals surface area contributed by atoms with E-state index >= 15 is 0 Å². The third kappa shape index (κ3) is 5.12. The van der Waals surface area contributed by atoms with Gasteiger partial charge in [-0.15, -0.1) is 0 Å². The van der Waals surface area contributed by atoms with Crippen LogP contribution in [0.25, 0.3) is 17.0 Å². The molecular weight excluding hydrogens is 439 g/mol. The van der Waals surface area contributed by atoms with E-state index < -0.39 is 0 Å².